The molecule has 20 heavy (non-hydrogen) atoms. The molecule has 5 nitrogen and oxygen atoms in total. The third-order valence-electron chi connectivity index (χ3n) is 2.64. The summed E-state index contributed by atoms with van der Waals surface area (Å²) >= 11 is 0. The van der Waals surface area contributed by atoms with Gasteiger partial charge in [0.1, 0.15) is 5.84 Å². The molecule has 1 aromatic rings. The molecule has 0 spiro atoms. The minimum absolute atomic E-state index is 0.0466. The Hall–Kier alpha value is -2.25. The van der Waals surface area contributed by atoms with Crippen LogP contribution in [-0.2, 0) is 6.18 Å². The van der Waals surface area contributed by atoms with E-state index in [-0.39, 0.29) is 17.9 Å². The van der Waals surface area contributed by atoms with Crippen molar-refractivity contribution in [3.63, 3.8) is 0 Å². The summed E-state index contributed by atoms with van der Waals surface area (Å²) in [5.41, 5.74) is 4.32. The number of carbonyl (C=O) groups excluding carboxylic acids is 1. The van der Waals surface area contributed by atoms with Gasteiger partial charge in [-0.2, -0.15) is 13.2 Å². The summed E-state index contributed by atoms with van der Waals surface area (Å²) in [5.74, 6) is -1.17. The third kappa shape index (κ3) is 4.15. The number of hydrogen-bond donors (Lipinski definition) is 3. The highest BCUT2D eigenvalue weighted by atomic mass is 19.4. The number of hydrogen-bond acceptors (Lipinski definition) is 3. The van der Waals surface area contributed by atoms with E-state index < -0.39 is 23.6 Å². The Balaban J connectivity index is 2.74. The number of amides is 1. The Bertz CT molecular complexity index is 515. The van der Waals surface area contributed by atoms with Crippen LogP contribution in [0.5, 0.6) is 0 Å². The summed E-state index contributed by atoms with van der Waals surface area (Å²) in [6.45, 7) is 1.65. The topological polar surface area (TPSA) is 87.7 Å². The number of carbonyl (C=O) groups is 1. The van der Waals surface area contributed by atoms with Crippen molar-refractivity contribution in [2.24, 2.45) is 16.8 Å². The van der Waals surface area contributed by atoms with Crippen LogP contribution in [0.2, 0.25) is 0 Å². The van der Waals surface area contributed by atoms with Gasteiger partial charge in [0.15, 0.2) is 0 Å². The highest BCUT2D eigenvalue weighted by molar-refractivity contribution is 5.94. The van der Waals surface area contributed by atoms with Crippen LogP contribution in [0.1, 0.15) is 22.8 Å². The molecule has 0 fully saturated rings. The molecule has 110 valence electrons. The third-order valence-corrected chi connectivity index (χ3v) is 2.64. The molecule has 0 saturated carbocycles. The first-order chi connectivity index (χ1) is 9.25. The van der Waals surface area contributed by atoms with E-state index in [1.54, 1.807) is 6.92 Å². The fourth-order valence-corrected chi connectivity index (χ4v) is 1.39. The van der Waals surface area contributed by atoms with Crippen LogP contribution >= 0.6 is 0 Å². The second kappa shape index (κ2) is 6.27. The molecule has 1 atom stereocenters. The molecule has 8 heteroatoms. The number of alkyl halides is 3. The molecular formula is C12H14F3N3O2. The van der Waals surface area contributed by atoms with Gasteiger partial charge in [-0.25, -0.2) is 0 Å². The minimum atomic E-state index is -4.50. The summed E-state index contributed by atoms with van der Waals surface area (Å²) in [6, 6.07) is 4.09. The summed E-state index contributed by atoms with van der Waals surface area (Å²) in [6.07, 6.45) is -4.50. The van der Waals surface area contributed by atoms with Gasteiger partial charge < -0.3 is 16.3 Å². The number of rotatable bonds is 4. The zero-order chi connectivity index (χ0) is 15.3. The van der Waals surface area contributed by atoms with E-state index in [2.05, 4.69) is 10.5 Å². The molecule has 0 aliphatic carbocycles. The van der Waals surface area contributed by atoms with Crippen molar-refractivity contribution < 1.29 is 23.2 Å². The van der Waals surface area contributed by atoms with Gasteiger partial charge >= 0.3 is 6.18 Å². The van der Waals surface area contributed by atoms with Gasteiger partial charge in [0.2, 0.25) is 0 Å². The highest BCUT2D eigenvalue weighted by Crippen LogP contribution is 2.29. The lowest BCUT2D eigenvalue weighted by molar-refractivity contribution is -0.137. The monoisotopic (exact) mass is 289 g/mol. The van der Waals surface area contributed by atoms with Gasteiger partial charge in [-0.15, -0.1) is 0 Å². The number of halogens is 3. The zero-order valence-corrected chi connectivity index (χ0v) is 10.6. The first-order valence-electron chi connectivity index (χ1n) is 5.68. The average molecular weight is 289 g/mol. The first-order valence-corrected chi connectivity index (χ1v) is 5.68. The molecule has 1 aromatic carbocycles. The largest absolute Gasteiger partial charge is 0.416 e. The molecular weight excluding hydrogens is 275 g/mol. The minimum Gasteiger partial charge on any atom is -0.409 e. The van der Waals surface area contributed by atoms with E-state index in [4.69, 9.17) is 10.9 Å². The van der Waals surface area contributed by atoms with Crippen molar-refractivity contribution in [2.75, 3.05) is 6.54 Å². The lowest BCUT2D eigenvalue weighted by Gasteiger charge is -2.12. The Morgan fingerprint density at radius 3 is 2.70 bits per heavy atom. The number of amidine groups is 1. The fourth-order valence-electron chi connectivity index (χ4n) is 1.39. The van der Waals surface area contributed by atoms with Crippen LogP contribution in [0, 0.1) is 5.92 Å². The standard InChI is InChI=1S/C12H14F3N3O2/c1-7(10(16)18-20)6-17-11(19)8-3-2-4-9(5-8)12(13,14)15/h2-5,7,20H,6H2,1H3,(H2,16,18)(H,17,19). The molecule has 0 heterocycles. The van der Waals surface area contributed by atoms with Gasteiger partial charge in [0.25, 0.3) is 5.91 Å². The number of oxime groups is 1. The van der Waals surface area contributed by atoms with Crippen molar-refractivity contribution in [2.45, 2.75) is 13.1 Å². The maximum atomic E-state index is 12.5. The van der Waals surface area contributed by atoms with E-state index in [9.17, 15) is 18.0 Å². The van der Waals surface area contributed by atoms with Crippen molar-refractivity contribution in [3.05, 3.63) is 35.4 Å². The molecule has 0 aliphatic rings. The van der Waals surface area contributed by atoms with Crippen molar-refractivity contribution >= 4 is 11.7 Å². The second-order valence-electron chi connectivity index (χ2n) is 4.21. The molecule has 1 amide bonds. The van der Waals surface area contributed by atoms with Crippen LogP contribution in [0.15, 0.2) is 29.4 Å². The maximum absolute atomic E-state index is 12.5. The molecule has 1 rings (SSSR count). The van der Waals surface area contributed by atoms with Gasteiger partial charge in [-0.1, -0.05) is 18.1 Å². The van der Waals surface area contributed by atoms with E-state index in [0.29, 0.717) is 0 Å². The van der Waals surface area contributed by atoms with Crippen molar-refractivity contribution in [3.8, 4) is 0 Å². The fraction of sp³-hybridized carbons (Fsp3) is 0.333. The van der Waals surface area contributed by atoms with Gasteiger partial charge in [0.05, 0.1) is 5.56 Å². The van der Waals surface area contributed by atoms with Gasteiger partial charge in [-0.05, 0) is 18.2 Å². The SMILES string of the molecule is CC(CNC(=O)c1cccc(C(F)(F)F)c1)C(N)=NO. The molecule has 0 aromatic heterocycles. The Morgan fingerprint density at radius 2 is 2.15 bits per heavy atom. The summed E-state index contributed by atoms with van der Waals surface area (Å²) in [4.78, 5) is 11.7. The Labute approximate surface area is 113 Å². The number of nitrogens with one attached hydrogen (secondary N) is 1. The van der Waals surface area contributed by atoms with Crippen LogP contribution in [-0.4, -0.2) is 23.5 Å². The van der Waals surface area contributed by atoms with E-state index >= 15 is 0 Å². The quantitative estimate of drug-likeness (QED) is 0.342. The molecule has 0 radical (unpaired) electrons. The molecule has 1 unspecified atom stereocenters. The smallest absolute Gasteiger partial charge is 0.409 e. The van der Waals surface area contributed by atoms with Crippen LogP contribution in [0.25, 0.3) is 0 Å². The predicted molar refractivity (Wildman–Crippen MR) is 66.4 cm³/mol. The highest BCUT2D eigenvalue weighted by Gasteiger charge is 2.30. The van der Waals surface area contributed by atoms with Crippen LogP contribution in [0.4, 0.5) is 13.2 Å². The van der Waals surface area contributed by atoms with Crippen molar-refractivity contribution in [1.82, 2.24) is 5.32 Å². The zero-order valence-electron chi connectivity index (χ0n) is 10.6. The molecule has 0 aliphatic heterocycles. The van der Waals surface area contributed by atoms with Crippen LogP contribution < -0.4 is 11.1 Å². The predicted octanol–water partition coefficient (Wildman–Crippen LogP) is 1.82. The summed E-state index contributed by atoms with van der Waals surface area (Å²) < 4.78 is 37.5. The van der Waals surface area contributed by atoms with Gasteiger partial charge in [-0.3, -0.25) is 4.79 Å². The van der Waals surface area contributed by atoms with Crippen LogP contribution in [0.3, 0.4) is 0 Å². The maximum Gasteiger partial charge on any atom is 0.416 e. The number of nitrogens with zero attached hydrogens (tertiary/aromatic N) is 1. The average Bonchev–Trinajstić information content (AvgIpc) is 2.42. The first kappa shape index (κ1) is 15.8. The molecule has 4 N–H and O–H groups in total. The van der Waals surface area contributed by atoms with Crippen molar-refractivity contribution in [1.29, 1.82) is 0 Å². The van der Waals surface area contributed by atoms with E-state index in [0.717, 1.165) is 18.2 Å². The number of benzene rings is 1. The molecule has 0 saturated heterocycles. The second-order valence-corrected chi connectivity index (χ2v) is 4.21. The molecule has 0 bridgehead atoms. The lowest BCUT2D eigenvalue weighted by Crippen LogP contribution is -2.34. The van der Waals surface area contributed by atoms with Gasteiger partial charge in [0, 0.05) is 18.0 Å². The Morgan fingerprint density at radius 1 is 1.50 bits per heavy atom. The summed E-state index contributed by atoms with van der Waals surface area (Å²) in [5, 5.41) is 13.6. The normalized spacial score (nSPS) is 13.9. The van der Waals surface area contributed by atoms with E-state index in [1.807, 2.05) is 0 Å². The summed E-state index contributed by atoms with van der Waals surface area (Å²) in [7, 11) is 0. The lowest BCUT2D eigenvalue weighted by atomic mass is 10.1. The van der Waals surface area contributed by atoms with E-state index in [1.165, 1.54) is 6.07 Å². The Kier molecular flexibility index (Phi) is 4.95. The number of nitrogens with two attached hydrogens (primary N) is 1.